The van der Waals surface area contributed by atoms with Crippen LogP contribution in [0.1, 0.15) is 6.42 Å². The maximum Gasteiger partial charge on any atom is 0.308 e. The summed E-state index contributed by atoms with van der Waals surface area (Å²) in [5, 5.41) is 16.5. The predicted octanol–water partition coefficient (Wildman–Crippen LogP) is 0.626. The summed E-state index contributed by atoms with van der Waals surface area (Å²) in [5.74, 6) is -0.937. The summed E-state index contributed by atoms with van der Waals surface area (Å²) in [6, 6.07) is 0. The molecule has 68 valence electrons. The number of carboxylic acids is 1. The Kier molecular flexibility index (Phi) is 4.01. The van der Waals surface area contributed by atoms with Crippen LogP contribution in [0.4, 0.5) is 0 Å². The lowest BCUT2D eigenvalue weighted by molar-refractivity contribution is -0.824. The van der Waals surface area contributed by atoms with Crippen molar-refractivity contribution >= 4 is 17.6 Å². The van der Waals surface area contributed by atoms with Gasteiger partial charge in [-0.05, 0) is 0 Å². The summed E-state index contributed by atoms with van der Waals surface area (Å²) in [6.45, 7) is 0.338. The first kappa shape index (κ1) is 11.2. The quantitative estimate of drug-likeness (QED) is 0.403. The highest BCUT2D eigenvalue weighted by Gasteiger charge is 2.22. The second-order valence-corrected chi connectivity index (χ2v) is 3.78. The summed E-state index contributed by atoms with van der Waals surface area (Å²) in [6.07, 6.45) is 1.90. The van der Waals surface area contributed by atoms with E-state index < -0.39 is 11.3 Å². The van der Waals surface area contributed by atoms with Crippen LogP contribution in [0.2, 0.25) is 0 Å². The molecule has 0 rings (SSSR count). The van der Waals surface area contributed by atoms with E-state index in [-0.39, 0.29) is 10.9 Å². The first-order valence-corrected chi connectivity index (χ1v) is 3.91. The third-order valence-electron chi connectivity index (χ3n) is 1.32. The molecule has 1 unspecified atom stereocenters. The van der Waals surface area contributed by atoms with Gasteiger partial charge in [0.25, 0.3) is 0 Å². The summed E-state index contributed by atoms with van der Waals surface area (Å²) in [7, 11) is 3.36. The molecule has 0 amide bonds. The number of carbonyl (C=O) groups is 1. The second-order valence-electron chi connectivity index (χ2n) is 3.16. The van der Waals surface area contributed by atoms with E-state index in [4.69, 9.17) is 22.0 Å². The Bertz CT molecular complexity index is 210. The van der Waals surface area contributed by atoms with Crippen LogP contribution in [0.25, 0.3) is 0 Å². The maximum absolute atomic E-state index is 10.2. The predicted molar refractivity (Wildman–Crippen MR) is 44.5 cm³/mol. The minimum Gasteiger partial charge on any atom is -0.481 e. The molecule has 1 N–H and O–H groups in total. The molecule has 12 heavy (non-hydrogen) atoms. The van der Waals surface area contributed by atoms with Gasteiger partial charge in [-0.3, -0.25) is 4.79 Å². The van der Waals surface area contributed by atoms with Gasteiger partial charge in [-0.25, -0.2) is 4.48 Å². The average Bonchev–Trinajstić information content (AvgIpc) is 1.84. The SMILES string of the molecule is C[N+](C)(C#N)CC(Cl)CC(=O)O. The maximum atomic E-state index is 10.2. The largest absolute Gasteiger partial charge is 0.481 e. The van der Waals surface area contributed by atoms with Crippen LogP contribution in [0, 0.1) is 11.5 Å². The zero-order chi connectivity index (χ0) is 9.78. The minimum atomic E-state index is -0.937. The van der Waals surface area contributed by atoms with Crippen LogP contribution < -0.4 is 0 Å². The Hall–Kier alpha value is -0.790. The zero-order valence-electron chi connectivity index (χ0n) is 7.12. The monoisotopic (exact) mass is 191 g/mol. The van der Waals surface area contributed by atoms with Crippen LogP contribution in [-0.2, 0) is 4.79 Å². The van der Waals surface area contributed by atoms with E-state index in [0.29, 0.717) is 6.54 Å². The van der Waals surface area contributed by atoms with Crippen molar-refractivity contribution in [2.45, 2.75) is 11.8 Å². The molecule has 0 aromatic heterocycles. The molecule has 4 nitrogen and oxygen atoms in total. The van der Waals surface area contributed by atoms with Gasteiger partial charge in [-0.2, -0.15) is 0 Å². The Morgan fingerprint density at radius 2 is 2.25 bits per heavy atom. The molecular weight excluding hydrogens is 180 g/mol. The fraction of sp³-hybridized carbons (Fsp3) is 0.714. The molecule has 0 heterocycles. The van der Waals surface area contributed by atoms with Crippen molar-refractivity contribution in [3.63, 3.8) is 0 Å². The molecule has 0 aliphatic heterocycles. The topological polar surface area (TPSA) is 61.1 Å². The Morgan fingerprint density at radius 3 is 2.58 bits per heavy atom. The van der Waals surface area contributed by atoms with Crippen LogP contribution in [0.15, 0.2) is 0 Å². The average molecular weight is 192 g/mol. The number of quaternary nitrogens is 1. The molecule has 0 bridgehead atoms. The van der Waals surface area contributed by atoms with E-state index in [1.165, 1.54) is 0 Å². The van der Waals surface area contributed by atoms with Gasteiger partial charge in [0, 0.05) is 0 Å². The summed E-state index contributed by atoms with van der Waals surface area (Å²) in [4.78, 5) is 10.2. The van der Waals surface area contributed by atoms with E-state index in [0.717, 1.165) is 0 Å². The third-order valence-corrected chi connectivity index (χ3v) is 1.61. The number of halogens is 1. The van der Waals surface area contributed by atoms with Crippen molar-refractivity contribution < 1.29 is 14.4 Å². The van der Waals surface area contributed by atoms with Crippen LogP contribution in [0.3, 0.4) is 0 Å². The standard InChI is InChI=1S/C7H11ClN2O2/c1-10(2,5-9)4-6(8)3-7(11)12/h6H,3-4H2,1-2H3/p+1. The van der Waals surface area contributed by atoms with Gasteiger partial charge in [-0.15, -0.1) is 16.9 Å². The lowest BCUT2D eigenvalue weighted by Crippen LogP contribution is -2.39. The van der Waals surface area contributed by atoms with Gasteiger partial charge in [0.1, 0.15) is 6.54 Å². The second kappa shape index (κ2) is 4.29. The molecule has 1 atom stereocenters. The van der Waals surface area contributed by atoms with Gasteiger partial charge >= 0.3 is 12.2 Å². The molecule has 0 spiro atoms. The zero-order valence-corrected chi connectivity index (χ0v) is 7.88. The van der Waals surface area contributed by atoms with Crippen molar-refractivity contribution in [1.29, 1.82) is 5.26 Å². The minimum absolute atomic E-state index is 0.0709. The number of carboxylic acid groups (broad SMARTS) is 1. The van der Waals surface area contributed by atoms with Gasteiger partial charge in [0.15, 0.2) is 0 Å². The summed E-state index contributed by atoms with van der Waals surface area (Å²) in [5.41, 5.74) is 0. The van der Waals surface area contributed by atoms with E-state index in [9.17, 15) is 4.79 Å². The van der Waals surface area contributed by atoms with Crippen LogP contribution in [0.5, 0.6) is 0 Å². The highest BCUT2D eigenvalue weighted by molar-refractivity contribution is 6.21. The smallest absolute Gasteiger partial charge is 0.308 e. The number of nitrogens with zero attached hydrogens (tertiary/aromatic N) is 2. The van der Waals surface area contributed by atoms with Crippen molar-refractivity contribution in [2.75, 3.05) is 20.6 Å². The highest BCUT2D eigenvalue weighted by atomic mass is 35.5. The van der Waals surface area contributed by atoms with Gasteiger partial charge < -0.3 is 5.11 Å². The number of alkyl halides is 1. The first-order valence-electron chi connectivity index (χ1n) is 3.47. The molecular formula is C7H12ClN2O2+. The fourth-order valence-corrected chi connectivity index (χ4v) is 1.27. The van der Waals surface area contributed by atoms with Crippen molar-refractivity contribution in [3.05, 3.63) is 0 Å². The Labute approximate surface area is 76.6 Å². The third kappa shape index (κ3) is 4.94. The number of hydrogen-bond acceptors (Lipinski definition) is 2. The molecule has 0 fully saturated rings. The summed E-state index contributed by atoms with van der Waals surface area (Å²) < 4.78 is 0.0709. The number of rotatable bonds is 4. The van der Waals surface area contributed by atoms with E-state index in [1.807, 2.05) is 6.19 Å². The van der Waals surface area contributed by atoms with Crippen molar-refractivity contribution in [1.82, 2.24) is 0 Å². The molecule has 0 saturated carbocycles. The summed E-state index contributed by atoms with van der Waals surface area (Å²) >= 11 is 5.69. The first-order chi connectivity index (χ1) is 5.37. The molecule has 0 radical (unpaired) electrons. The van der Waals surface area contributed by atoms with E-state index >= 15 is 0 Å². The Balaban J connectivity index is 3.94. The van der Waals surface area contributed by atoms with E-state index in [2.05, 4.69) is 0 Å². The van der Waals surface area contributed by atoms with E-state index in [1.54, 1.807) is 14.1 Å². The van der Waals surface area contributed by atoms with Crippen molar-refractivity contribution in [3.8, 4) is 6.19 Å². The number of hydrogen-bond donors (Lipinski definition) is 1. The van der Waals surface area contributed by atoms with Gasteiger partial charge in [0.05, 0.1) is 25.9 Å². The molecule has 0 saturated heterocycles. The van der Waals surface area contributed by atoms with Gasteiger partial charge in [0.2, 0.25) is 0 Å². The Morgan fingerprint density at radius 1 is 1.75 bits per heavy atom. The molecule has 0 aliphatic rings. The number of nitriles is 1. The highest BCUT2D eigenvalue weighted by Crippen LogP contribution is 2.07. The van der Waals surface area contributed by atoms with Crippen molar-refractivity contribution in [2.24, 2.45) is 0 Å². The molecule has 0 aliphatic carbocycles. The normalized spacial score (nSPS) is 13.5. The van der Waals surface area contributed by atoms with Crippen LogP contribution in [-0.4, -0.2) is 41.6 Å². The lowest BCUT2D eigenvalue weighted by Gasteiger charge is -2.20. The molecule has 0 aromatic carbocycles. The number of aliphatic carboxylic acids is 1. The van der Waals surface area contributed by atoms with Gasteiger partial charge in [-0.1, -0.05) is 0 Å². The van der Waals surface area contributed by atoms with Crippen LogP contribution >= 0.6 is 11.6 Å². The lowest BCUT2D eigenvalue weighted by atomic mass is 10.3. The molecule has 5 heteroatoms. The molecule has 0 aromatic rings. The fourth-order valence-electron chi connectivity index (χ4n) is 0.790.